The molecule has 1 heterocycles. The van der Waals surface area contributed by atoms with Crippen LogP contribution >= 0.6 is 11.3 Å². The summed E-state index contributed by atoms with van der Waals surface area (Å²) in [6, 6.07) is 3.80. The van der Waals surface area contributed by atoms with Gasteiger partial charge in [-0.05, 0) is 52.2 Å². The minimum absolute atomic E-state index is 0.386. The Morgan fingerprint density at radius 2 is 1.68 bits per heavy atom. The highest BCUT2D eigenvalue weighted by Crippen LogP contribution is 2.22. The first kappa shape index (κ1) is 17.1. The minimum atomic E-state index is -3.48. The van der Waals surface area contributed by atoms with Crippen molar-refractivity contribution in [2.45, 2.75) is 45.9 Å². The molecule has 22 heavy (non-hydrogen) atoms. The number of benzene rings is 1. The van der Waals surface area contributed by atoms with Crippen LogP contribution in [0.3, 0.4) is 0 Å². The van der Waals surface area contributed by atoms with E-state index >= 15 is 0 Å². The molecule has 0 atom stereocenters. The second kappa shape index (κ2) is 6.48. The van der Waals surface area contributed by atoms with Crippen LogP contribution in [0, 0.1) is 34.6 Å². The van der Waals surface area contributed by atoms with Crippen molar-refractivity contribution in [2.75, 3.05) is 6.54 Å². The molecular weight excluding hydrogens is 316 g/mol. The number of aromatic nitrogens is 1. The lowest BCUT2D eigenvalue weighted by atomic mass is 10.1. The lowest BCUT2D eigenvalue weighted by Crippen LogP contribution is -2.27. The van der Waals surface area contributed by atoms with Gasteiger partial charge >= 0.3 is 0 Å². The van der Waals surface area contributed by atoms with Gasteiger partial charge in [-0.15, -0.1) is 11.3 Å². The van der Waals surface area contributed by atoms with Gasteiger partial charge in [0.1, 0.15) is 0 Å². The van der Waals surface area contributed by atoms with Gasteiger partial charge in [-0.25, -0.2) is 18.1 Å². The van der Waals surface area contributed by atoms with Crippen LogP contribution in [-0.4, -0.2) is 19.9 Å². The smallest absolute Gasteiger partial charge is 0.241 e. The predicted molar refractivity (Wildman–Crippen MR) is 91.1 cm³/mol. The molecule has 0 unspecified atom stereocenters. The number of thiazole rings is 1. The van der Waals surface area contributed by atoms with Gasteiger partial charge in [0.15, 0.2) is 0 Å². The normalized spacial score (nSPS) is 11.9. The summed E-state index contributed by atoms with van der Waals surface area (Å²) in [5, 5.41) is 1.01. The summed E-state index contributed by atoms with van der Waals surface area (Å²) in [5.41, 5.74) is 3.64. The van der Waals surface area contributed by atoms with Crippen molar-refractivity contribution in [3.05, 3.63) is 44.4 Å². The predicted octanol–water partition coefficient (Wildman–Crippen LogP) is 3.21. The molecule has 4 nitrogen and oxygen atoms in total. The van der Waals surface area contributed by atoms with Gasteiger partial charge in [0.25, 0.3) is 0 Å². The van der Waals surface area contributed by atoms with Crippen molar-refractivity contribution >= 4 is 21.4 Å². The van der Waals surface area contributed by atoms with Crippen molar-refractivity contribution in [2.24, 2.45) is 0 Å². The number of hydrogen-bond donors (Lipinski definition) is 1. The van der Waals surface area contributed by atoms with Crippen LogP contribution in [0.25, 0.3) is 0 Å². The monoisotopic (exact) mass is 338 g/mol. The van der Waals surface area contributed by atoms with Crippen molar-refractivity contribution in [1.82, 2.24) is 9.71 Å². The minimum Gasteiger partial charge on any atom is -0.247 e. The van der Waals surface area contributed by atoms with Crippen molar-refractivity contribution in [1.29, 1.82) is 0 Å². The van der Waals surface area contributed by atoms with E-state index < -0.39 is 10.0 Å². The molecule has 0 saturated carbocycles. The van der Waals surface area contributed by atoms with Gasteiger partial charge < -0.3 is 0 Å². The Labute approximate surface area is 136 Å². The molecular formula is C16H22N2O2S2. The Balaban J connectivity index is 2.14. The molecule has 0 aliphatic carbocycles. The molecule has 1 aromatic heterocycles. The molecule has 0 spiro atoms. The van der Waals surface area contributed by atoms with E-state index in [1.165, 1.54) is 0 Å². The SMILES string of the molecule is Cc1cc(C)c(S(=O)(=O)NCCc2sc(C)nc2C)c(C)c1. The largest absolute Gasteiger partial charge is 0.247 e. The summed E-state index contributed by atoms with van der Waals surface area (Å²) in [5.74, 6) is 0. The maximum absolute atomic E-state index is 12.5. The number of aryl methyl sites for hydroxylation is 5. The van der Waals surface area contributed by atoms with Gasteiger partial charge in [-0.3, -0.25) is 0 Å². The summed E-state index contributed by atoms with van der Waals surface area (Å²) >= 11 is 1.62. The average molecular weight is 338 g/mol. The molecule has 1 N–H and O–H groups in total. The van der Waals surface area contributed by atoms with E-state index in [0.717, 1.165) is 32.3 Å². The quantitative estimate of drug-likeness (QED) is 0.911. The summed E-state index contributed by atoms with van der Waals surface area (Å²) in [6.07, 6.45) is 0.667. The fraction of sp³-hybridized carbons (Fsp3) is 0.438. The summed E-state index contributed by atoms with van der Waals surface area (Å²) in [4.78, 5) is 5.90. The van der Waals surface area contributed by atoms with E-state index in [1.54, 1.807) is 11.3 Å². The van der Waals surface area contributed by atoms with Gasteiger partial charge in [-0.1, -0.05) is 17.7 Å². The van der Waals surface area contributed by atoms with Gasteiger partial charge in [0, 0.05) is 11.4 Å². The van der Waals surface area contributed by atoms with Crippen LogP contribution < -0.4 is 4.72 Å². The van der Waals surface area contributed by atoms with Crippen LogP contribution in [-0.2, 0) is 16.4 Å². The third-order valence-corrected chi connectivity index (χ3v) is 6.42. The first-order valence-corrected chi connectivity index (χ1v) is 9.51. The van der Waals surface area contributed by atoms with Gasteiger partial charge in [-0.2, -0.15) is 0 Å². The molecule has 0 aliphatic heterocycles. The third kappa shape index (κ3) is 3.74. The average Bonchev–Trinajstić information content (AvgIpc) is 2.65. The van der Waals surface area contributed by atoms with E-state index in [0.29, 0.717) is 17.9 Å². The number of rotatable bonds is 5. The Kier molecular flexibility index (Phi) is 5.04. The van der Waals surface area contributed by atoms with Crippen molar-refractivity contribution in [3.8, 4) is 0 Å². The number of nitrogens with zero attached hydrogens (tertiary/aromatic N) is 1. The fourth-order valence-corrected chi connectivity index (χ4v) is 5.18. The van der Waals surface area contributed by atoms with Gasteiger partial charge in [0.2, 0.25) is 10.0 Å². The zero-order valence-corrected chi connectivity index (χ0v) is 15.3. The molecule has 0 saturated heterocycles. The second-order valence-corrected chi connectivity index (χ2v) is 8.61. The van der Waals surface area contributed by atoms with E-state index in [1.807, 2.05) is 46.8 Å². The topological polar surface area (TPSA) is 59.1 Å². The Bertz CT molecular complexity index is 769. The molecule has 2 aromatic rings. The summed E-state index contributed by atoms with van der Waals surface area (Å²) < 4.78 is 27.8. The van der Waals surface area contributed by atoms with Crippen LogP contribution in [0.15, 0.2) is 17.0 Å². The Morgan fingerprint density at radius 3 is 2.18 bits per heavy atom. The highest BCUT2D eigenvalue weighted by Gasteiger charge is 2.19. The van der Waals surface area contributed by atoms with E-state index in [-0.39, 0.29) is 0 Å². The highest BCUT2D eigenvalue weighted by atomic mass is 32.2. The lowest BCUT2D eigenvalue weighted by molar-refractivity contribution is 0.580. The maximum atomic E-state index is 12.5. The van der Waals surface area contributed by atoms with E-state index in [9.17, 15) is 8.42 Å². The number of sulfonamides is 1. The number of nitrogens with one attached hydrogen (secondary N) is 1. The Morgan fingerprint density at radius 1 is 1.09 bits per heavy atom. The molecule has 0 bridgehead atoms. The molecule has 120 valence electrons. The zero-order chi connectivity index (χ0) is 16.5. The lowest BCUT2D eigenvalue weighted by Gasteiger charge is -2.13. The van der Waals surface area contributed by atoms with Crippen LogP contribution in [0.5, 0.6) is 0 Å². The molecule has 6 heteroatoms. The highest BCUT2D eigenvalue weighted by molar-refractivity contribution is 7.89. The van der Waals surface area contributed by atoms with Crippen molar-refractivity contribution in [3.63, 3.8) is 0 Å². The molecule has 2 rings (SSSR count). The molecule has 0 fully saturated rings. The van der Waals surface area contributed by atoms with Crippen LogP contribution in [0.2, 0.25) is 0 Å². The zero-order valence-electron chi connectivity index (χ0n) is 13.6. The third-order valence-electron chi connectivity index (χ3n) is 3.52. The molecule has 0 amide bonds. The standard InChI is InChI=1S/C16H22N2O2S2/c1-10-8-11(2)16(12(3)9-10)22(19,20)17-7-6-15-13(4)18-14(5)21-15/h8-9,17H,6-7H2,1-5H3. The molecule has 1 aromatic carbocycles. The van der Waals surface area contributed by atoms with Crippen molar-refractivity contribution < 1.29 is 8.42 Å². The van der Waals surface area contributed by atoms with Crippen LogP contribution in [0.4, 0.5) is 0 Å². The van der Waals surface area contributed by atoms with E-state index in [4.69, 9.17) is 0 Å². The maximum Gasteiger partial charge on any atom is 0.241 e. The van der Waals surface area contributed by atoms with Gasteiger partial charge in [0.05, 0.1) is 15.6 Å². The molecule has 0 radical (unpaired) electrons. The van der Waals surface area contributed by atoms with E-state index in [2.05, 4.69) is 9.71 Å². The molecule has 0 aliphatic rings. The first-order valence-electron chi connectivity index (χ1n) is 7.21. The van der Waals surface area contributed by atoms with Crippen LogP contribution in [0.1, 0.15) is 32.3 Å². The first-order chi connectivity index (χ1) is 10.2. The Hall–Kier alpha value is -1.24. The number of hydrogen-bond acceptors (Lipinski definition) is 4. The summed E-state index contributed by atoms with van der Waals surface area (Å²) in [7, 11) is -3.48. The summed E-state index contributed by atoms with van der Waals surface area (Å²) in [6.45, 7) is 9.96. The fourth-order valence-electron chi connectivity index (χ4n) is 2.77. The second-order valence-electron chi connectivity index (χ2n) is 5.62.